The van der Waals surface area contributed by atoms with Crippen LogP contribution >= 0.6 is 0 Å². The second-order valence-electron chi connectivity index (χ2n) is 3.25. The summed E-state index contributed by atoms with van der Waals surface area (Å²) in [6.07, 6.45) is 1.41. The molecule has 2 aliphatic rings. The molecule has 2 atom stereocenters. The highest BCUT2D eigenvalue weighted by atomic mass is 15.2. The first kappa shape index (κ1) is 8.02. The molecule has 0 bridgehead atoms. The van der Waals surface area contributed by atoms with Gasteiger partial charge in [0.15, 0.2) is 0 Å². The summed E-state index contributed by atoms with van der Waals surface area (Å²) in [6, 6.07) is 0.866. The lowest BCUT2D eigenvalue weighted by Crippen LogP contribution is -2.30. The van der Waals surface area contributed by atoms with E-state index in [4.69, 9.17) is 0 Å². The first-order valence-electron chi connectivity index (χ1n) is 3.79. The molecular formula is C8H18N2. The molecule has 0 radical (unpaired) electrons. The van der Waals surface area contributed by atoms with Gasteiger partial charge in [-0.15, -0.1) is 0 Å². The topological polar surface area (TPSA) is 15.3 Å². The SMILES string of the molecule is C.CN1CCC2CNCC21. The highest BCUT2D eigenvalue weighted by Crippen LogP contribution is 2.24. The maximum Gasteiger partial charge on any atom is 0.0258 e. The zero-order valence-electron chi connectivity index (χ0n) is 5.93. The van der Waals surface area contributed by atoms with Crippen molar-refractivity contribution in [1.29, 1.82) is 0 Å². The van der Waals surface area contributed by atoms with Crippen LogP contribution in [0.5, 0.6) is 0 Å². The molecule has 2 heteroatoms. The van der Waals surface area contributed by atoms with Gasteiger partial charge in [0, 0.05) is 12.6 Å². The summed E-state index contributed by atoms with van der Waals surface area (Å²) in [5.41, 5.74) is 0. The van der Waals surface area contributed by atoms with E-state index >= 15 is 0 Å². The van der Waals surface area contributed by atoms with Gasteiger partial charge in [-0.25, -0.2) is 0 Å². The van der Waals surface area contributed by atoms with Gasteiger partial charge in [0.25, 0.3) is 0 Å². The summed E-state index contributed by atoms with van der Waals surface area (Å²) < 4.78 is 0. The zero-order chi connectivity index (χ0) is 6.27. The number of rotatable bonds is 0. The molecule has 2 fully saturated rings. The number of nitrogens with one attached hydrogen (secondary N) is 1. The van der Waals surface area contributed by atoms with E-state index in [2.05, 4.69) is 17.3 Å². The smallest absolute Gasteiger partial charge is 0.0258 e. The normalized spacial score (nSPS) is 39.3. The van der Waals surface area contributed by atoms with Crippen LogP contribution in [0.25, 0.3) is 0 Å². The van der Waals surface area contributed by atoms with Gasteiger partial charge in [-0.3, -0.25) is 0 Å². The fourth-order valence-electron chi connectivity index (χ4n) is 2.06. The Morgan fingerprint density at radius 3 is 2.90 bits per heavy atom. The summed E-state index contributed by atoms with van der Waals surface area (Å²) in [6.45, 7) is 3.80. The van der Waals surface area contributed by atoms with Gasteiger partial charge in [0.2, 0.25) is 0 Å². The fourth-order valence-corrected chi connectivity index (χ4v) is 2.06. The van der Waals surface area contributed by atoms with E-state index in [1.807, 2.05) is 0 Å². The van der Waals surface area contributed by atoms with Crippen molar-refractivity contribution in [1.82, 2.24) is 10.2 Å². The zero-order valence-corrected chi connectivity index (χ0v) is 5.93. The summed E-state index contributed by atoms with van der Waals surface area (Å²) >= 11 is 0. The molecule has 2 saturated heterocycles. The number of hydrogen-bond donors (Lipinski definition) is 1. The van der Waals surface area contributed by atoms with Gasteiger partial charge in [-0.05, 0) is 32.5 Å². The number of likely N-dealkylation sites (N-methyl/N-ethyl adjacent to an activating group) is 1. The lowest BCUT2D eigenvalue weighted by molar-refractivity contribution is 0.308. The van der Waals surface area contributed by atoms with E-state index < -0.39 is 0 Å². The molecule has 2 heterocycles. The lowest BCUT2D eigenvalue weighted by atomic mass is 10.1. The van der Waals surface area contributed by atoms with Crippen molar-refractivity contribution < 1.29 is 0 Å². The van der Waals surface area contributed by atoms with E-state index in [9.17, 15) is 0 Å². The molecule has 2 rings (SSSR count). The van der Waals surface area contributed by atoms with Gasteiger partial charge in [0.1, 0.15) is 0 Å². The monoisotopic (exact) mass is 142 g/mol. The molecular weight excluding hydrogens is 124 g/mol. The van der Waals surface area contributed by atoms with Crippen LogP contribution < -0.4 is 5.32 Å². The van der Waals surface area contributed by atoms with E-state index in [1.54, 1.807) is 0 Å². The molecule has 1 N–H and O–H groups in total. The van der Waals surface area contributed by atoms with E-state index in [0.717, 1.165) is 12.0 Å². The predicted molar refractivity (Wildman–Crippen MR) is 44.1 cm³/mol. The third kappa shape index (κ3) is 1.06. The first-order valence-corrected chi connectivity index (χ1v) is 3.79. The summed E-state index contributed by atoms with van der Waals surface area (Å²) in [7, 11) is 2.23. The molecule has 0 spiro atoms. The van der Waals surface area contributed by atoms with Crippen LogP contribution in [-0.2, 0) is 0 Å². The molecule has 0 amide bonds. The molecule has 60 valence electrons. The maximum absolute atomic E-state index is 3.41. The Kier molecular flexibility index (Phi) is 2.32. The van der Waals surface area contributed by atoms with Crippen molar-refractivity contribution in [3.8, 4) is 0 Å². The molecule has 10 heavy (non-hydrogen) atoms. The van der Waals surface area contributed by atoms with Crippen LogP contribution in [0, 0.1) is 5.92 Å². The Morgan fingerprint density at radius 2 is 2.20 bits per heavy atom. The van der Waals surface area contributed by atoms with Crippen molar-refractivity contribution in [2.75, 3.05) is 26.7 Å². The van der Waals surface area contributed by atoms with Crippen LogP contribution in [0.3, 0.4) is 0 Å². The summed E-state index contributed by atoms with van der Waals surface area (Å²) in [5.74, 6) is 0.968. The van der Waals surface area contributed by atoms with Gasteiger partial charge < -0.3 is 10.2 Å². The van der Waals surface area contributed by atoms with Gasteiger partial charge in [0.05, 0.1) is 0 Å². The number of fused-ring (bicyclic) bond motifs is 1. The number of hydrogen-bond acceptors (Lipinski definition) is 2. The van der Waals surface area contributed by atoms with Crippen molar-refractivity contribution in [3.05, 3.63) is 0 Å². The van der Waals surface area contributed by atoms with Crippen LogP contribution in [-0.4, -0.2) is 37.6 Å². The van der Waals surface area contributed by atoms with Crippen molar-refractivity contribution in [3.63, 3.8) is 0 Å². The maximum atomic E-state index is 3.41. The van der Waals surface area contributed by atoms with Crippen LogP contribution in [0.15, 0.2) is 0 Å². The average molecular weight is 142 g/mol. The average Bonchev–Trinajstić information content (AvgIpc) is 2.35. The molecule has 2 aliphatic heterocycles. The Hall–Kier alpha value is -0.0800. The largest absolute Gasteiger partial charge is 0.315 e. The van der Waals surface area contributed by atoms with Crippen molar-refractivity contribution >= 4 is 0 Å². The molecule has 2 nitrogen and oxygen atoms in total. The first-order chi connectivity index (χ1) is 4.38. The molecule has 2 unspecified atom stereocenters. The van der Waals surface area contributed by atoms with Crippen molar-refractivity contribution in [2.24, 2.45) is 5.92 Å². The van der Waals surface area contributed by atoms with Crippen LogP contribution in [0.2, 0.25) is 0 Å². The van der Waals surface area contributed by atoms with Gasteiger partial charge >= 0.3 is 0 Å². The quantitative estimate of drug-likeness (QED) is 0.531. The minimum Gasteiger partial charge on any atom is -0.315 e. The second kappa shape index (κ2) is 2.89. The van der Waals surface area contributed by atoms with E-state index in [1.165, 1.54) is 26.1 Å². The Morgan fingerprint density at radius 1 is 1.40 bits per heavy atom. The minimum absolute atomic E-state index is 0. The highest BCUT2D eigenvalue weighted by Gasteiger charge is 2.34. The second-order valence-corrected chi connectivity index (χ2v) is 3.25. The molecule has 0 aliphatic carbocycles. The third-order valence-corrected chi connectivity index (χ3v) is 2.72. The molecule has 0 aromatic heterocycles. The van der Waals surface area contributed by atoms with Gasteiger partial charge in [-0.1, -0.05) is 7.43 Å². The molecule has 0 saturated carbocycles. The molecule has 0 aromatic carbocycles. The summed E-state index contributed by atoms with van der Waals surface area (Å²) in [5, 5.41) is 3.41. The third-order valence-electron chi connectivity index (χ3n) is 2.72. The Balaban J connectivity index is 0.000000500. The predicted octanol–water partition coefficient (Wildman–Crippen LogP) is 0.546. The standard InChI is InChI=1S/C7H14N2.CH4/c1-9-3-2-6-4-8-5-7(6)9;/h6-8H,2-5H2,1H3;1H4. The Bertz CT molecular complexity index is 114. The summed E-state index contributed by atoms with van der Waals surface area (Å²) in [4.78, 5) is 2.48. The van der Waals surface area contributed by atoms with Crippen LogP contribution in [0.4, 0.5) is 0 Å². The number of likely N-dealkylation sites (tertiary alicyclic amines) is 1. The minimum atomic E-state index is 0. The van der Waals surface area contributed by atoms with Crippen LogP contribution in [0.1, 0.15) is 13.8 Å². The fraction of sp³-hybridized carbons (Fsp3) is 1.00. The number of nitrogens with zero attached hydrogens (tertiary/aromatic N) is 1. The lowest BCUT2D eigenvalue weighted by Gasteiger charge is -2.16. The van der Waals surface area contributed by atoms with Crippen molar-refractivity contribution in [2.45, 2.75) is 19.9 Å². The Labute approximate surface area is 63.6 Å². The highest BCUT2D eigenvalue weighted by molar-refractivity contribution is 4.92. The molecule has 0 aromatic rings. The van der Waals surface area contributed by atoms with Gasteiger partial charge in [-0.2, -0.15) is 0 Å². The van der Waals surface area contributed by atoms with E-state index in [-0.39, 0.29) is 7.43 Å². The van der Waals surface area contributed by atoms with E-state index in [0.29, 0.717) is 0 Å².